The Kier molecular flexibility index (Phi) is 5.87. The Hall–Kier alpha value is -3.17. The van der Waals surface area contributed by atoms with E-state index in [1.54, 1.807) is 7.11 Å². The van der Waals surface area contributed by atoms with E-state index < -0.39 is 0 Å². The van der Waals surface area contributed by atoms with Crippen molar-refractivity contribution in [1.29, 1.82) is 0 Å². The fourth-order valence-electron chi connectivity index (χ4n) is 2.55. The van der Waals surface area contributed by atoms with Crippen molar-refractivity contribution in [2.75, 3.05) is 18.2 Å². The molecule has 0 saturated heterocycles. The average Bonchev–Trinajstić information content (AvgIpc) is 3.42. The van der Waals surface area contributed by atoms with Gasteiger partial charge in [0, 0.05) is 10.9 Å². The highest BCUT2D eigenvalue weighted by molar-refractivity contribution is 7.99. The number of rotatable bonds is 7. The first kappa shape index (κ1) is 19.2. The van der Waals surface area contributed by atoms with E-state index in [1.165, 1.54) is 11.3 Å². The number of nitrogens with one attached hydrogen (secondary N) is 1. The Morgan fingerprint density at radius 1 is 1.14 bits per heavy atom. The van der Waals surface area contributed by atoms with E-state index in [1.807, 2.05) is 60.0 Å². The second-order valence-corrected chi connectivity index (χ2v) is 7.60. The van der Waals surface area contributed by atoms with E-state index in [4.69, 9.17) is 9.15 Å². The van der Waals surface area contributed by atoms with Gasteiger partial charge < -0.3 is 14.5 Å². The van der Waals surface area contributed by atoms with Gasteiger partial charge in [0.2, 0.25) is 5.91 Å². The molecule has 0 saturated carbocycles. The number of anilines is 1. The number of carbonyl (C=O) groups excluding carboxylic acids is 1. The van der Waals surface area contributed by atoms with E-state index in [0.29, 0.717) is 27.6 Å². The lowest BCUT2D eigenvalue weighted by Crippen LogP contribution is -2.13. The van der Waals surface area contributed by atoms with Crippen molar-refractivity contribution in [3.8, 4) is 28.5 Å². The molecule has 0 radical (unpaired) electrons. The van der Waals surface area contributed by atoms with E-state index in [9.17, 15) is 4.79 Å². The minimum atomic E-state index is -0.194. The lowest BCUT2D eigenvalue weighted by atomic mass is 10.2. The van der Waals surface area contributed by atoms with Crippen molar-refractivity contribution in [3.63, 3.8) is 0 Å². The molecule has 0 fully saturated rings. The van der Waals surface area contributed by atoms with Crippen LogP contribution in [-0.2, 0) is 4.79 Å². The van der Waals surface area contributed by atoms with Crippen LogP contribution in [0.4, 0.5) is 5.13 Å². The van der Waals surface area contributed by atoms with Gasteiger partial charge in [0.1, 0.15) is 5.75 Å². The predicted octanol–water partition coefficient (Wildman–Crippen LogP) is 4.60. The van der Waals surface area contributed by atoms with Crippen molar-refractivity contribution in [3.05, 3.63) is 60.0 Å². The average molecular weight is 425 g/mol. The van der Waals surface area contributed by atoms with Crippen LogP contribution in [0, 0.1) is 0 Å². The van der Waals surface area contributed by atoms with Crippen LogP contribution < -0.4 is 10.1 Å². The summed E-state index contributed by atoms with van der Waals surface area (Å²) in [5.41, 5.74) is 2.54. The number of carbonyl (C=O) groups is 1. The van der Waals surface area contributed by atoms with Gasteiger partial charge in [0.05, 0.1) is 24.1 Å². The van der Waals surface area contributed by atoms with E-state index in [0.717, 1.165) is 23.0 Å². The molecule has 4 aromatic rings. The summed E-state index contributed by atoms with van der Waals surface area (Å²) < 4.78 is 10.9. The van der Waals surface area contributed by atoms with E-state index in [2.05, 4.69) is 20.5 Å². The molecule has 2 aromatic heterocycles. The van der Waals surface area contributed by atoms with Crippen LogP contribution >= 0.6 is 23.1 Å². The Morgan fingerprint density at radius 2 is 1.93 bits per heavy atom. The van der Waals surface area contributed by atoms with Gasteiger partial charge in [-0.1, -0.05) is 54.2 Å². The van der Waals surface area contributed by atoms with Gasteiger partial charge in [0.25, 0.3) is 11.1 Å². The number of thiazole rings is 1. The molecule has 2 aromatic carbocycles. The van der Waals surface area contributed by atoms with Crippen molar-refractivity contribution in [2.45, 2.75) is 5.22 Å². The molecule has 0 aliphatic carbocycles. The molecule has 0 aliphatic rings. The maximum Gasteiger partial charge on any atom is 0.277 e. The third-order valence-corrected chi connectivity index (χ3v) is 5.47. The maximum atomic E-state index is 12.2. The van der Waals surface area contributed by atoms with Crippen LogP contribution in [0.3, 0.4) is 0 Å². The van der Waals surface area contributed by atoms with Gasteiger partial charge in [-0.25, -0.2) is 4.98 Å². The monoisotopic (exact) mass is 424 g/mol. The zero-order valence-electron chi connectivity index (χ0n) is 15.4. The zero-order valence-corrected chi connectivity index (χ0v) is 17.0. The predicted molar refractivity (Wildman–Crippen MR) is 113 cm³/mol. The SMILES string of the molecule is COc1ccccc1-c1nnc(SCC(=O)Nc2nc(-c3ccccc3)cs2)o1. The number of benzene rings is 2. The Morgan fingerprint density at radius 3 is 2.76 bits per heavy atom. The molecule has 0 bridgehead atoms. The number of ether oxygens (including phenoxy) is 1. The summed E-state index contributed by atoms with van der Waals surface area (Å²) in [5, 5.41) is 13.6. The highest BCUT2D eigenvalue weighted by atomic mass is 32.2. The molecular weight excluding hydrogens is 408 g/mol. The topological polar surface area (TPSA) is 90.1 Å². The smallest absolute Gasteiger partial charge is 0.277 e. The summed E-state index contributed by atoms with van der Waals surface area (Å²) >= 11 is 2.55. The zero-order chi connectivity index (χ0) is 20.1. The van der Waals surface area contributed by atoms with E-state index in [-0.39, 0.29) is 11.7 Å². The first-order chi connectivity index (χ1) is 14.2. The quantitative estimate of drug-likeness (QED) is 0.434. The molecule has 4 rings (SSSR count). The van der Waals surface area contributed by atoms with Crippen molar-refractivity contribution in [2.24, 2.45) is 0 Å². The highest BCUT2D eigenvalue weighted by Gasteiger charge is 2.15. The minimum Gasteiger partial charge on any atom is -0.496 e. The van der Waals surface area contributed by atoms with Crippen LogP contribution in [0.15, 0.2) is 69.6 Å². The molecule has 146 valence electrons. The lowest BCUT2D eigenvalue weighted by Gasteiger charge is -2.03. The molecule has 0 unspecified atom stereocenters. The maximum absolute atomic E-state index is 12.2. The van der Waals surface area contributed by atoms with Gasteiger partial charge in [-0.05, 0) is 12.1 Å². The molecule has 1 N–H and O–H groups in total. The Balaban J connectivity index is 1.35. The largest absolute Gasteiger partial charge is 0.496 e. The molecule has 9 heteroatoms. The fraction of sp³-hybridized carbons (Fsp3) is 0.100. The van der Waals surface area contributed by atoms with Crippen LogP contribution in [0.1, 0.15) is 0 Å². The van der Waals surface area contributed by atoms with Gasteiger partial charge in [-0.3, -0.25) is 4.79 Å². The highest BCUT2D eigenvalue weighted by Crippen LogP contribution is 2.30. The number of para-hydroxylation sites is 1. The second kappa shape index (κ2) is 8.89. The number of aromatic nitrogens is 3. The molecule has 0 aliphatic heterocycles. The number of nitrogens with zero attached hydrogens (tertiary/aromatic N) is 3. The van der Waals surface area contributed by atoms with Crippen LogP contribution in [0.25, 0.3) is 22.7 Å². The van der Waals surface area contributed by atoms with E-state index >= 15 is 0 Å². The van der Waals surface area contributed by atoms with Crippen molar-refractivity contribution >= 4 is 34.1 Å². The third-order valence-electron chi connectivity index (χ3n) is 3.89. The molecule has 7 nitrogen and oxygen atoms in total. The summed E-state index contributed by atoms with van der Waals surface area (Å²) in [6.45, 7) is 0. The van der Waals surface area contributed by atoms with Gasteiger partial charge >= 0.3 is 0 Å². The molecule has 0 spiro atoms. The van der Waals surface area contributed by atoms with Crippen LogP contribution in [0.2, 0.25) is 0 Å². The molecule has 1 amide bonds. The summed E-state index contributed by atoms with van der Waals surface area (Å²) in [7, 11) is 1.58. The summed E-state index contributed by atoms with van der Waals surface area (Å²) in [6, 6.07) is 17.2. The molecule has 29 heavy (non-hydrogen) atoms. The second-order valence-electron chi connectivity index (χ2n) is 5.81. The summed E-state index contributed by atoms with van der Waals surface area (Å²) in [4.78, 5) is 16.7. The Bertz CT molecular complexity index is 1110. The summed E-state index contributed by atoms with van der Waals surface area (Å²) in [6.07, 6.45) is 0. The van der Waals surface area contributed by atoms with Crippen molar-refractivity contribution in [1.82, 2.24) is 15.2 Å². The van der Waals surface area contributed by atoms with Gasteiger partial charge in [-0.2, -0.15) is 0 Å². The standard InChI is InChI=1S/C20H16N4O3S2/c1-26-16-10-6-5-9-14(16)18-23-24-20(27-18)29-12-17(25)22-19-21-15(11-28-19)13-7-3-2-4-8-13/h2-11H,12H2,1H3,(H,21,22,25). The molecular formula is C20H16N4O3S2. The number of methoxy groups -OCH3 is 1. The number of thioether (sulfide) groups is 1. The summed E-state index contributed by atoms with van der Waals surface area (Å²) in [5.74, 6) is 0.926. The van der Waals surface area contributed by atoms with Crippen molar-refractivity contribution < 1.29 is 13.9 Å². The fourth-order valence-corrected chi connectivity index (χ4v) is 3.85. The number of amides is 1. The van der Waals surface area contributed by atoms with Crippen LogP contribution in [0.5, 0.6) is 5.75 Å². The first-order valence-electron chi connectivity index (χ1n) is 8.63. The number of hydrogen-bond donors (Lipinski definition) is 1. The normalized spacial score (nSPS) is 10.7. The minimum absolute atomic E-state index is 0.133. The van der Waals surface area contributed by atoms with Gasteiger partial charge in [0.15, 0.2) is 5.13 Å². The third kappa shape index (κ3) is 4.64. The first-order valence-corrected chi connectivity index (χ1v) is 10.5. The number of hydrogen-bond acceptors (Lipinski definition) is 8. The van der Waals surface area contributed by atoms with Gasteiger partial charge in [-0.15, -0.1) is 21.5 Å². The molecule has 0 atom stereocenters. The Labute approximate surface area is 175 Å². The lowest BCUT2D eigenvalue weighted by molar-refractivity contribution is -0.113. The van der Waals surface area contributed by atoms with Crippen LogP contribution in [-0.4, -0.2) is 34.0 Å². The molecule has 2 heterocycles.